The van der Waals surface area contributed by atoms with Crippen molar-refractivity contribution in [3.05, 3.63) is 208 Å². The highest BCUT2D eigenvalue weighted by Gasteiger charge is 2.42. The Hall–Kier alpha value is -16.2. The number of nitrogens with two attached hydrogens (primary N) is 3. The minimum Gasteiger partial charge on any atom is -0.508 e. The molecule has 6 aromatic rings. The Labute approximate surface area is 868 Å². The highest BCUT2D eigenvalue weighted by atomic mass is 35.5. The van der Waals surface area contributed by atoms with E-state index in [9.17, 15) is 108 Å². The minimum absolute atomic E-state index is 0.0162. The predicted molar refractivity (Wildman–Crippen MR) is 541 cm³/mol. The van der Waals surface area contributed by atoms with Crippen molar-refractivity contribution >= 4 is 124 Å². The largest absolute Gasteiger partial charge is 0.508 e. The summed E-state index contributed by atoms with van der Waals surface area (Å²) in [7, 11) is 0. The summed E-state index contributed by atoms with van der Waals surface area (Å²) in [4.78, 5) is 278. The van der Waals surface area contributed by atoms with Gasteiger partial charge in [0.1, 0.15) is 125 Å². The van der Waals surface area contributed by atoms with E-state index in [1.54, 1.807) is 50.3 Å². The second-order valence-corrected chi connectivity index (χ2v) is 37.0. The Morgan fingerprint density at radius 3 is 1.23 bits per heavy atom. The Kier molecular flexibility index (Phi) is 47.5. The van der Waals surface area contributed by atoms with Gasteiger partial charge in [-0.1, -0.05) is 142 Å². The predicted octanol–water partition coefficient (Wildman–Crippen LogP) is -2.98. The van der Waals surface area contributed by atoms with Crippen LogP contribution in [-0.2, 0) is 97.5 Å². The number of benzene rings is 6. The standard InChI is InChI=1S/C101H132ClN21O27/c1-50(2)18-12-10-15-23-76(133)110-72(47-75(105)132)92(141)115-73-48-106-95(144)85(62-32-41-74(131)67(102)46-62)120-86(135)52(5)108-90(139)70(44-51(3)4)111-77(134)49-107-94(143)81(58-24-33-63(127)34-25-58)123-98(147)80(56(9)126)118-101(150)84(61-30-39-66(130)40-31-61)121-89(138)68(21-16-42-103)112-91(140)71(45-57-19-13-11-14-20-57)114-97(146)79(55(8)125)117-100(149)83(60-28-37-65(129)38-29-60)119-87(136)53(6)109-96(145)78(54(7)124)116-88(137)69(22-17-43-104)113-99(148)82(122-93(73)142)59-26-35-64(128)36-27-59/h10-15,19-20,23-41,46,50-56,68-73,78-85,124-131H,16-18,21-22,42-45,47-49,103-104H2,1-9H3,(H2,105,132)(H,106,144)(H,107,143)(H,108,139)(H,109,145)(H,110,133)(H,111,134)(H,112,140)(H,113,148)(H,114,146)(H,115,141)(H,116,137)(H,117,149)(H,118,150)(H,119,136)(H,120,135)(H,121,138)(H,122,142)(H,123,147)/b12-10+,23-15-/t52-,53+,54-,55+,56-,68-,69-,70+,71+,72+,73+,78-,79+,80-,81+,82-,83-,84+,85+/m1/s1. The molecule has 48 nitrogen and oxygen atoms in total. The van der Waals surface area contributed by atoms with E-state index in [0.29, 0.717) is 12.0 Å². The van der Waals surface area contributed by atoms with E-state index in [1.165, 1.54) is 48.6 Å². The maximum absolute atomic E-state index is 15.4. The maximum Gasteiger partial charge on any atom is 0.247 e. The molecule has 49 heteroatoms. The normalized spacial score (nSPS) is 23.5. The van der Waals surface area contributed by atoms with Crippen LogP contribution in [0.3, 0.4) is 0 Å². The number of halogens is 1. The number of hydrogen-bond donors (Lipinski definition) is 29. The van der Waals surface area contributed by atoms with Crippen molar-refractivity contribution in [3.63, 3.8) is 0 Å². The number of carbonyl (C=O) groups is 19. The molecule has 0 aliphatic carbocycles. The van der Waals surface area contributed by atoms with Crippen molar-refractivity contribution in [2.75, 3.05) is 26.2 Å². The van der Waals surface area contributed by atoms with E-state index in [0.717, 1.165) is 120 Å². The molecule has 1 aliphatic heterocycles. The van der Waals surface area contributed by atoms with Gasteiger partial charge < -0.3 is 154 Å². The lowest BCUT2D eigenvalue weighted by Crippen LogP contribution is -2.61. The van der Waals surface area contributed by atoms with Gasteiger partial charge in [0, 0.05) is 19.0 Å². The number of allylic oxidation sites excluding steroid dienone is 3. The van der Waals surface area contributed by atoms with Crippen LogP contribution in [0, 0.1) is 11.8 Å². The highest BCUT2D eigenvalue weighted by Crippen LogP contribution is 2.29. The minimum atomic E-state index is -2.19. The van der Waals surface area contributed by atoms with Crippen LogP contribution in [0.15, 0.2) is 170 Å². The van der Waals surface area contributed by atoms with Crippen LogP contribution in [0.5, 0.6) is 28.7 Å². The number of amides is 19. The summed E-state index contributed by atoms with van der Waals surface area (Å²) in [5.41, 5.74) is 17.2. The lowest BCUT2D eigenvalue weighted by atomic mass is 10.0. The number of aromatic hydroxyl groups is 5. The molecule has 150 heavy (non-hydrogen) atoms. The molecule has 1 heterocycles. The number of primary amides is 1. The molecule has 0 unspecified atom stereocenters. The van der Waals surface area contributed by atoms with Gasteiger partial charge in [-0.3, -0.25) is 91.1 Å². The number of phenolic OH excluding ortho intramolecular Hbond substituents is 5. The van der Waals surface area contributed by atoms with Crippen molar-refractivity contribution in [3.8, 4) is 28.7 Å². The smallest absolute Gasteiger partial charge is 0.247 e. The van der Waals surface area contributed by atoms with Crippen LogP contribution in [0.4, 0.5) is 0 Å². The van der Waals surface area contributed by atoms with E-state index in [2.05, 4.69) is 95.7 Å². The summed E-state index contributed by atoms with van der Waals surface area (Å²) in [6.07, 6.45) is -1.73. The molecule has 7 rings (SSSR count). The molecular formula is C101H132ClN21O27. The third-order valence-corrected chi connectivity index (χ3v) is 23.6. The Morgan fingerprint density at radius 1 is 0.407 bits per heavy atom. The SMILES string of the molecule is CC(C)C/C=C/C=C\C(=O)N[C@@H](CC(N)=O)C(=O)N[C@H]1CNC(=O)[C@H](c2ccc(O)c(Cl)c2)NC(=O)[C@@H](C)NC(=O)[C@H](CC(C)C)NC(=O)CNC(=O)[C@H](c2ccc(O)cc2)NC(=O)[C@@H]([C@@H](C)O)NC(=O)[C@H](c2ccc(O)cc2)NC(=O)[C@@H](CCCN)NC(=O)[C@H](Cc2ccccc2)NC(=O)[C@H]([C@H](C)O)NC(=O)[C@@H](c2ccc(O)cc2)NC(=O)[C@H](C)NC(=O)[C@@H]([C@@H](C)O)NC(=O)[C@@H](CCCN)NC(=O)[C@@H](c2ccc(O)cc2)NC1=O. The van der Waals surface area contributed by atoms with E-state index in [1.807, 2.05) is 13.8 Å². The van der Waals surface area contributed by atoms with Crippen LogP contribution in [0.2, 0.25) is 5.02 Å². The average molecular weight is 2110 g/mol. The zero-order valence-electron chi connectivity index (χ0n) is 83.7. The van der Waals surface area contributed by atoms with Gasteiger partial charge in [0.05, 0.1) is 36.3 Å². The van der Waals surface area contributed by atoms with Gasteiger partial charge in [0.2, 0.25) is 112 Å². The van der Waals surface area contributed by atoms with Crippen molar-refractivity contribution < 1.29 is 132 Å². The molecule has 1 saturated heterocycles. The fourth-order valence-corrected chi connectivity index (χ4v) is 15.2. The fourth-order valence-electron chi connectivity index (χ4n) is 15.1. The van der Waals surface area contributed by atoms with Gasteiger partial charge in [0.25, 0.3) is 0 Å². The van der Waals surface area contributed by atoms with Gasteiger partial charge in [-0.05, 0) is 192 Å². The van der Waals surface area contributed by atoms with Gasteiger partial charge in [-0.25, -0.2) is 0 Å². The van der Waals surface area contributed by atoms with Crippen molar-refractivity contribution in [1.82, 2.24) is 95.7 Å². The Balaban J connectivity index is 1.34. The molecule has 1 aliphatic rings. The maximum atomic E-state index is 15.4. The molecular weight excluding hydrogens is 1970 g/mol. The summed E-state index contributed by atoms with van der Waals surface area (Å²) < 4.78 is 0. The van der Waals surface area contributed by atoms with E-state index in [-0.39, 0.29) is 103 Å². The van der Waals surface area contributed by atoms with Crippen LogP contribution in [0.1, 0.15) is 171 Å². The lowest BCUT2D eigenvalue weighted by Gasteiger charge is -2.29. The third-order valence-electron chi connectivity index (χ3n) is 23.3. The quantitative estimate of drug-likeness (QED) is 0.0181. The average Bonchev–Trinajstić information content (AvgIpc) is 0.829. The van der Waals surface area contributed by atoms with Gasteiger partial charge in [-0.2, -0.15) is 0 Å². The topological polar surface area (TPSA) is 781 Å². The van der Waals surface area contributed by atoms with Gasteiger partial charge in [-0.15, -0.1) is 0 Å². The van der Waals surface area contributed by atoms with E-state index >= 15 is 24.0 Å². The molecule has 6 aromatic carbocycles. The third kappa shape index (κ3) is 38.3. The Bertz CT molecular complexity index is 5780. The Morgan fingerprint density at radius 2 is 0.780 bits per heavy atom. The first-order valence-corrected chi connectivity index (χ1v) is 48.5. The zero-order chi connectivity index (χ0) is 111. The lowest BCUT2D eigenvalue weighted by molar-refractivity contribution is -0.138. The molecule has 19 atom stereocenters. The number of phenols is 5. The summed E-state index contributed by atoms with van der Waals surface area (Å²) in [5, 5.41) is 130. The van der Waals surface area contributed by atoms with Gasteiger partial charge in [0.15, 0.2) is 0 Å². The highest BCUT2D eigenvalue weighted by molar-refractivity contribution is 6.32. The second kappa shape index (κ2) is 59.0. The van der Waals surface area contributed by atoms with Crippen LogP contribution >= 0.6 is 11.6 Å². The molecule has 810 valence electrons. The molecule has 1 fully saturated rings. The van der Waals surface area contributed by atoms with Crippen molar-refractivity contribution in [2.24, 2.45) is 29.0 Å². The summed E-state index contributed by atoms with van der Waals surface area (Å²) in [5.74, 6) is -25.1. The van der Waals surface area contributed by atoms with Gasteiger partial charge >= 0.3 is 0 Å². The number of hydrogen-bond acceptors (Lipinski definition) is 29. The number of aliphatic hydroxyl groups is 3. The summed E-state index contributed by atoms with van der Waals surface area (Å²) >= 11 is 6.41. The van der Waals surface area contributed by atoms with Crippen molar-refractivity contribution in [2.45, 2.75) is 229 Å². The number of carbonyl (C=O) groups excluding carboxylic acids is 19. The number of nitrogens with one attached hydrogen (secondary N) is 18. The molecule has 0 spiro atoms. The first kappa shape index (κ1) is 121. The van der Waals surface area contributed by atoms with Crippen LogP contribution in [0.25, 0.3) is 0 Å². The summed E-state index contributed by atoms with van der Waals surface area (Å²) in [6.45, 7) is 10.3. The molecule has 32 N–H and O–H groups in total. The molecule has 0 bridgehead atoms. The molecule has 0 aromatic heterocycles. The van der Waals surface area contributed by atoms with E-state index in [4.69, 9.17) is 28.8 Å². The first-order valence-electron chi connectivity index (χ1n) is 48.1. The second-order valence-electron chi connectivity index (χ2n) is 36.6. The fraction of sp³-hybridized carbons (Fsp3) is 0.416. The van der Waals surface area contributed by atoms with Crippen LogP contribution < -0.4 is 113 Å². The zero-order valence-corrected chi connectivity index (χ0v) is 84.5. The van der Waals surface area contributed by atoms with E-state index < -0.39 is 269 Å². The monoisotopic (exact) mass is 2110 g/mol. The first-order chi connectivity index (χ1) is 70.9. The van der Waals surface area contributed by atoms with Crippen LogP contribution in [-0.4, -0.2) is 264 Å². The number of rotatable bonds is 27. The molecule has 0 saturated carbocycles. The molecule has 19 amide bonds. The number of aliphatic hydroxyl groups excluding tert-OH is 3. The molecule has 0 radical (unpaired) electrons. The van der Waals surface area contributed by atoms with Crippen molar-refractivity contribution in [1.29, 1.82) is 0 Å². The summed E-state index contributed by atoms with van der Waals surface area (Å²) in [6, 6.07) is -0.940.